The summed E-state index contributed by atoms with van der Waals surface area (Å²) in [6.07, 6.45) is 2.23. The monoisotopic (exact) mass is 678 g/mol. The summed E-state index contributed by atoms with van der Waals surface area (Å²) in [4.78, 5) is 76.2. The van der Waals surface area contributed by atoms with Gasteiger partial charge in [0, 0.05) is 75.9 Å². The number of piperazine rings is 1. The van der Waals surface area contributed by atoms with E-state index in [1.165, 1.54) is 0 Å². The minimum Gasteiger partial charge on any atom is -0.481 e. The fourth-order valence-electron chi connectivity index (χ4n) is 6.23. The van der Waals surface area contributed by atoms with Gasteiger partial charge in [0.15, 0.2) is 0 Å². The smallest absolute Gasteiger partial charge is 0.409 e. The van der Waals surface area contributed by atoms with Gasteiger partial charge in [-0.1, -0.05) is 43.7 Å². The van der Waals surface area contributed by atoms with E-state index in [9.17, 15) is 29.1 Å². The molecule has 0 bridgehead atoms. The lowest BCUT2D eigenvalue weighted by Crippen LogP contribution is -2.56. The minimum absolute atomic E-state index is 0.0519. The first-order valence-corrected chi connectivity index (χ1v) is 17.5. The molecule has 2 aromatic rings. The number of hydrogen-bond donors (Lipinski definition) is 2. The summed E-state index contributed by atoms with van der Waals surface area (Å²) in [5, 5.41) is 12.2. The number of hydrogen-bond acceptors (Lipinski definition) is 8. The Hall–Kier alpha value is -4.68. The van der Waals surface area contributed by atoms with Gasteiger partial charge in [0.2, 0.25) is 11.8 Å². The van der Waals surface area contributed by atoms with Crippen molar-refractivity contribution in [1.82, 2.24) is 25.0 Å². The van der Waals surface area contributed by atoms with E-state index >= 15 is 0 Å². The lowest BCUT2D eigenvalue weighted by atomic mass is 9.94. The molecule has 0 aliphatic carbocycles. The minimum atomic E-state index is -1.10. The number of rotatable bonds is 14. The van der Waals surface area contributed by atoms with Crippen LogP contribution in [-0.4, -0.2) is 120 Å². The summed E-state index contributed by atoms with van der Waals surface area (Å²) in [7, 11) is 0. The van der Waals surface area contributed by atoms with E-state index in [0.29, 0.717) is 51.3 Å². The number of carboxylic acid groups (broad SMARTS) is 1. The number of carbonyl (C=O) groups excluding carboxylic acids is 4. The second-order valence-electron chi connectivity index (χ2n) is 12.5. The molecule has 13 heteroatoms. The van der Waals surface area contributed by atoms with Crippen molar-refractivity contribution >= 4 is 35.5 Å². The zero-order chi connectivity index (χ0) is 35.3. The first kappa shape index (κ1) is 37.1. The first-order valence-electron chi connectivity index (χ1n) is 17.5. The molecule has 0 saturated carbocycles. The SMILES string of the molecule is CCCCOC(=O)N1CCN(C(=O)[C@H](CCC(=O)O)NC(=O)c2cc(N3CCC(C(=O)N(CC)CC)CC3)cc(-c3ccccc3)n2)CC1. The van der Waals surface area contributed by atoms with E-state index in [1.54, 1.807) is 15.9 Å². The van der Waals surface area contributed by atoms with Crippen LogP contribution in [0.4, 0.5) is 10.5 Å². The third kappa shape index (κ3) is 10.2. The number of aromatic nitrogens is 1. The fourth-order valence-corrected chi connectivity index (χ4v) is 6.23. The van der Waals surface area contributed by atoms with Gasteiger partial charge in [-0.3, -0.25) is 19.2 Å². The topological polar surface area (TPSA) is 153 Å². The number of ether oxygens (including phenoxy) is 1. The molecule has 1 aromatic heterocycles. The molecule has 2 saturated heterocycles. The van der Waals surface area contributed by atoms with Crippen LogP contribution in [0.25, 0.3) is 11.3 Å². The predicted molar refractivity (Wildman–Crippen MR) is 185 cm³/mol. The number of carbonyl (C=O) groups is 5. The molecule has 1 atom stereocenters. The lowest BCUT2D eigenvalue weighted by Gasteiger charge is -2.36. The van der Waals surface area contributed by atoms with Gasteiger partial charge in [0.25, 0.3) is 5.91 Å². The van der Waals surface area contributed by atoms with Crippen LogP contribution < -0.4 is 10.2 Å². The third-order valence-electron chi connectivity index (χ3n) is 9.22. The van der Waals surface area contributed by atoms with Crippen LogP contribution in [-0.2, 0) is 19.1 Å². The van der Waals surface area contributed by atoms with Gasteiger partial charge in [-0.2, -0.15) is 0 Å². The number of amides is 4. The predicted octanol–water partition coefficient (Wildman–Crippen LogP) is 3.88. The highest BCUT2D eigenvalue weighted by Gasteiger charge is 2.32. The second kappa shape index (κ2) is 18.2. The molecule has 0 unspecified atom stereocenters. The maximum atomic E-state index is 13.8. The average Bonchev–Trinajstić information content (AvgIpc) is 3.13. The zero-order valence-electron chi connectivity index (χ0n) is 28.9. The van der Waals surface area contributed by atoms with E-state index in [4.69, 9.17) is 4.74 Å². The van der Waals surface area contributed by atoms with E-state index in [2.05, 4.69) is 15.2 Å². The standard InChI is InChI=1S/C36H50N6O7/c1-4-7-23-49-36(48)42-21-19-41(20-22-42)35(47)29(13-14-32(43)44)38-33(45)31-25-28(24-30(37-31)26-11-9-8-10-12-26)40-17-15-27(16-18-40)34(46)39(5-2)6-3/h8-12,24-25,27,29H,4-7,13-23H2,1-3H3,(H,38,45)(H,43,44)/t29-/m0/s1. The van der Waals surface area contributed by atoms with Crippen LogP contribution in [0.5, 0.6) is 0 Å². The molecule has 4 rings (SSSR count). The largest absolute Gasteiger partial charge is 0.481 e. The molecule has 3 heterocycles. The number of anilines is 1. The van der Waals surface area contributed by atoms with E-state index in [0.717, 1.165) is 24.1 Å². The summed E-state index contributed by atoms with van der Waals surface area (Å²) < 4.78 is 5.29. The van der Waals surface area contributed by atoms with Gasteiger partial charge in [0.1, 0.15) is 11.7 Å². The van der Waals surface area contributed by atoms with Crippen molar-refractivity contribution in [3.63, 3.8) is 0 Å². The van der Waals surface area contributed by atoms with Crippen molar-refractivity contribution in [2.24, 2.45) is 5.92 Å². The van der Waals surface area contributed by atoms with Crippen LogP contribution in [0.2, 0.25) is 0 Å². The highest BCUT2D eigenvalue weighted by atomic mass is 16.6. The number of nitrogens with zero attached hydrogens (tertiary/aromatic N) is 5. The molecular weight excluding hydrogens is 628 g/mol. The van der Waals surface area contributed by atoms with Crippen LogP contribution in [0, 0.1) is 5.92 Å². The van der Waals surface area contributed by atoms with E-state index in [-0.39, 0.29) is 56.5 Å². The highest BCUT2D eigenvalue weighted by molar-refractivity contribution is 5.97. The Morgan fingerprint density at radius 3 is 2.20 bits per heavy atom. The number of unbranched alkanes of at least 4 members (excludes halogenated alkanes) is 1. The second-order valence-corrected chi connectivity index (χ2v) is 12.5. The Morgan fingerprint density at radius 2 is 1.59 bits per heavy atom. The van der Waals surface area contributed by atoms with Crippen molar-refractivity contribution in [2.75, 3.05) is 63.9 Å². The van der Waals surface area contributed by atoms with Crippen LogP contribution >= 0.6 is 0 Å². The van der Waals surface area contributed by atoms with Gasteiger partial charge in [0.05, 0.1) is 12.3 Å². The molecule has 266 valence electrons. The van der Waals surface area contributed by atoms with Crippen molar-refractivity contribution in [1.29, 1.82) is 0 Å². The number of benzene rings is 1. The van der Waals surface area contributed by atoms with Crippen molar-refractivity contribution in [3.8, 4) is 11.3 Å². The normalized spacial score (nSPS) is 15.8. The molecule has 1 aromatic carbocycles. The van der Waals surface area contributed by atoms with E-state index < -0.39 is 29.9 Å². The van der Waals surface area contributed by atoms with Crippen LogP contribution in [0.1, 0.15) is 69.8 Å². The summed E-state index contributed by atoms with van der Waals surface area (Å²) >= 11 is 0. The van der Waals surface area contributed by atoms with E-state index in [1.807, 2.05) is 62.1 Å². The Morgan fingerprint density at radius 1 is 0.939 bits per heavy atom. The summed E-state index contributed by atoms with van der Waals surface area (Å²) in [6.45, 7) is 9.97. The molecule has 49 heavy (non-hydrogen) atoms. The zero-order valence-corrected chi connectivity index (χ0v) is 28.9. The summed E-state index contributed by atoms with van der Waals surface area (Å²) in [6, 6.07) is 12.0. The van der Waals surface area contributed by atoms with Crippen LogP contribution in [0.3, 0.4) is 0 Å². The van der Waals surface area contributed by atoms with Gasteiger partial charge in [-0.05, 0) is 51.7 Å². The van der Waals surface area contributed by atoms with Gasteiger partial charge >= 0.3 is 12.1 Å². The van der Waals surface area contributed by atoms with Crippen molar-refractivity contribution in [2.45, 2.75) is 65.3 Å². The Kier molecular flexibility index (Phi) is 13.8. The Labute approximate surface area is 288 Å². The molecule has 2 aliphatic heterocycles. The number of aliphatic carboxylic acids is 1. The van der Waals surface area contributed by atoms with Crippen LogP contribution in [0.15, 0.2) is 42.5 Å². The summed E-state index contributed by atoms with van der Waals surface area (Å²) in [5.41, 5.74) is 2.28. The number of pyridine rings is 1. The molecule has 0 radical (unpaired) electrons. The molecule has 2 aliphatic rings. The maximum absolute atomic E-state index is 13.8. The Balaban J connectivity index is 1.51. The quantitative estimate of drug-likeness (QED) is 0.284. The highest BCUT2D eigenvalue weighted by Crippen LogP contribution is 2.29. The maximum Gasteiger partial charge on any atom is 0.409 e. The molecule has 0 spiro atoms. The third-order valence-corrected chi connectivity index (χ3v) is 9.22. The average molecular weight is 679 g/mol. The number of carboxylic acids is 1. The Bertz CT molecular complexity index is 1430. The summed E-state index contributed by atoms with van der Waals surface area (Å²) in [5.74, 6) is -1.96. The fraction of sp³-hybridized carbons (Fsp3) is 0.556. The number of nitrogens with one attached hydrogen (secondary N) is 1. The first-order chi connectivity index (χ1) is 23.6. The van der Waals surface area contributed by atoms with Crippen molar-refractivity contribution < 1.29 is 33.8 Å². The molecule has 2 fully saturated rings. The molecule has 4 amide bonds. The lowest BCUT2D eigenvalue weighted by molar-refractivity contribution is -0.138. The van der Waals surface area contributed by atoms with Crippen molar-refractivity contribution in [3.05, 3.63) is 48.2 Å². The molecule has 2 N–H and O–H groups in total. The molecular formula is C36H50N6O7. The van der Waals surface area contributed by atoms with Gasteiger partial charge in [-0.25, -0.2) is 9.78 Å². The van der Waals surface area contributed by atoms with Gasteiger partial charge < -0.3 is 34.8 Å². The molecule has 13 nitrogen and oxygen atoms in total. The number of piperidine rings is 1. The van der Waals surface area contributed by atoms with Gasteiger partial charge in [-0.15, -0.1) is 0 Å².